The zero-order valence-electron chi connectivity index (χ0n) is 19.9. The van der Waals surface area contributed by atoms with Crippen molar-refractivity contribution in [2.45, 2.75) is 64.8 Å². The number of nitrogens with one attached hydrogen (secondary N) is 1. The molecule has 10 heteroatoms. The summed E-state index contributed by atoms with van der Waals surface area (Å²) in [7, 11) is 0. The minimum atomic E-state index is -0.886. The Bertz CT molecular complexity index is 1040. The number of urea groups is 1. The van der Waals surface area contributed by atoms with E-state index in [0.29, 0.717) is 43.3 Å². The van der Waals surface area contributed by atoms with E-state index in [4.69, 9.17) is 9.26 Å². The number of imide groups is 1. The van der Waals surface area contributed by atoms with Gasteiger partial charge in [0.2, 0.25) is 11.7 Å². The molecule has 2 aromatic heterocycles. The number of amides is 3. The van der Waals surface area contributed by atoms with E-state index >= 15 is 0 Å². The van der Waals surface area contributed by atoms with Crippen LogP contribution < -0.4 is 5.32 Å². The lowest BCUT2D eigenvalue weighted by Gasteiger charge is -2.40. The highest BCUT2D eigenvalue weighted by Gasteiger charge is 2.53. The highest BCUT2D eigenvalue weighted by Crippen LogP contribution is 2.43. The maximum atomic E-state index is 13.0. The average molecular weight is 470 g/mol. The van der Waals surface area contributed by atoms with Gasteiger partial charge in [0, 0.05) is 24.4 Å². The van der Waals surface area contributed by atoms with E-state index in [1.807, 2.05) is 6.07 Å². The van der Waals surface area contributed by atoms with Crippen molar-refractivity contribution in [3.05, 3.63) is 30.4 Å². The quantitative estimate of drug-likeness (QED) is 0.372. The largest absolute Gasteiger partial charge is 0.464 e. The molecule has 2 aromatic rings. The number of hydrogen-bond acceptors (Lipinski definition) is 8. The zero-order valence-corrected chi connectivity index (χ0v) is 19.9. The van der Waals surface area contributed by atoms with Crippen molar-refractivity contribution >= 4 is 17.9 Å². The molecule has 2 aliphatic rings. The summed E-state index contributed by atoms with van der Waals surface area (Å²) in [4.78, 5) is 47.1. The topological polar surface area (TPSA) is 128 Å². The van der Waals surface area contributed by atoms with Crippen LogP contribution in [0.1, 0.15) is 58.8 Å². The van der Waals surface area contributed by atoms with E-state index in [1.165, 1.54) is 0 Å². The zero-order chi connectivity index (χ0) is 24.3. The van der Waals surface area contributed by atoms with Gasteiger partial charge in [0.25, 0.3) is 5.91 Å². The lowest BCUT2D eigenvalue weighted by Crippen LogP contribution is -2.50. The third kappa shape index (κ3) is 5.10. The van der Waals surface area contributed by atoms with Gasteiger partial charge in [-0.1, -0.05) is 25.9 Å². The summed E-state index contributed by atoms with van der Waals surface area (Å²) in [5.41, 5.74) is 0.0311. The first-order valence-corrected chi connectivity index (χ1v) is 11.7. The van der Waals surface area contributed by atoms with Crippen LogP contribution in [-0.2, 0) is 20.7 Å². The van der Waals surface area contributed by atoms with Gasteiger partial charge < -0.3 is 14.6 Å². The van der Waals surface area contributed by atoms with Crippen LogP contribution in [-0.4, -0.2) is 56.6 Å². The average Bonchev–Trinajstić information content (AvgIpc) is 3.36. The van der Waals surface area contributed by atoms with Crippen LogP contribution in [0.3, 0.4) is 0 Å². The first kappa shape index (κ1) is 23.8. The molecule has 1 saturated carbocycles. The normalized spacial score (nSPS) is 22.8. The molecule has 1 saturated heterocycles. The Labute approximate surface area is 198 Å². The van der Waals surface area contributed by atoms with E-state index in [1.54, 1.807) is 18.5 Å². The van der Waals surface area contributed by atoms with Crippen LogP contribution in [0.15, 0.2) is 29.0 Å². The molecule has 0 aromatic carbocycles. The molecule has 1 spiro atoms. The van der Waals surface area contributed by atoms with Gasteiger partial charge in [-0.2, -0.15) is 4.98 Å². The van der Waals surface area contributed by atoms with Gasteiger partial charge in [0.1, 0.15) is 12.1 Å². The standard InChI is InChI=1S/C24H31N5O5/c1-23(2,3)17-8-10-24(11-9-17)21(31)29(22(32)27-24)15-19(30)33-13-5-7-18-26-20(28-34-18)16-6-4-12-25-14-16/h4,6,12,14,17H,5,7-11,13,15H2,1-3H3,(H,27,32). The van der Waals surface area contributed by atoms with E-state index in [9.17, 15) is 14.4 Å². The van der Waals surface area contributed by atoms with Crippen molar-refractivity contribution in [2.75, 3.05) is 13.2 Å². The smallest absolute Gasteiger partial charge is 0.326 e. The SMILES string of the molecule is CC(C)(C)C1CCC2(CC1)NC(=O)N(CC(=O)OCCCc1nc(-c3cccnc3)no1)C2=O. The number of carbonyl (C=O) groups is 3. The fraction of sp³-hybridized carbons (Fsp3) is 0.583. The molecule has 0 unspecified atom stereocenters. The van der Waals surface area contributed by atoms with Gasteiger partial charge >= 0.3 is 12.0 Å². The van der Waals surface area contributed by atoms with E-state index < -0.39 is 17.5 Å². The molecule has 1 aliphatic heterocycles. The molecule has 1 aliphatic carbocycles. The predicted octanol–water partition coefficient (Wildman–Crippen LogP) is 3.13. The summed E-state index contributed by atoms with van der Waals surface area (Å²) in [6, 6.07) is 3.10. The molecule has 3 heterocycles. The Balaban J connectivity index is 1.22. The van der Waals surface area contributed by atoms with Gasteiger partial charge in [0.15, 0.2) is 0 Å². The first-order chi connectivity index (χ1) is 16.2. The Morgan fingerprint density at radius 1 is 1.29 bits per heavy atom. The van der Waals surface area contributed by atoms with E-state index in [2.05, 4.69) is 41.2 Å². The number of aromatic nitrogens is 3. The maximum Gasteiger partial charge on any atom is 0.326 e. The Kier molecular flexibility index (Phi) is 6.67. The lowest BCUT2D eigenvalue weighted by molar-refractivity contribution is -0.148. The second kappa shape index (κ2) is 9.52. The summed E-state index contributed by atoms with van der Waals surface area (Å²) in [5.74, 6) is 0.433. The molecule has 0 bridgehead atoms. The summed E-state index contributed by atoms with van der Waals surface area (Å²) in [6.07, 6.45) is 7.13. The highest BCUT2D eigenvalue weighted by atomic mass is 16.5. The van der Waals surface area contributed by atoms with Crippen LogP contribution in [0, 0.1) is 11.3 Å². The molecule has 0 radical (unpaired) electrons. The van der Waals surface area contributed by atoms with Crippen LogP contribution >= 0.6 is 0 Å². The van der Waals surface area contributed by atoms with Crippen molar-refractivity contribution in [3.63, 3.8) is 0 Å². The second-order valence-corrected chi connectivity index (χ2v) is 10.1. The van der Waals surface area contributed by atoms with Crippen molar-refractivity contribution in [2.24, 2.45) is 11.3 Å². The van der Waals surface area contributed by atoms with Crippen LogP contribution in [0.5, 0.6) is 0 Å². The van der Waals surface area contributed by atoms with Gasteiger partial charge in [-0.15, -0.1) is 0 Å². The summed E-state index contributed by atoms with van der Waals surface area (Å²) >= 11 is 0. The number of carbonyl (C=O) groups excluding carboxylic acids is 3. The number of hydrogen-bond donors (Lipinski definition) is 1. The first-order valence-electron chi connectivity index (χ1n) is 11.7. The Hall–Kier alpha value is -3.30. The van der Waals surface area contributed by atoms with Gasteiger partial charge in [0.05, 0.1) is 6.61 Å². The van der Waals surface area contributed by atoms with Crippen molar-refractivity contribution in [3.8, 4) is 11.4 Å². The van der Waals surface area contributed by atoms with Crippen molar-refractivity contribution in [1.29, 1.82) is 0 Å². The molecule has 1 N–H and O–H groups in total. The van der Waals surface area contributed by atoms with E-state index in [-0.39, 0.29) is 24.5 Å². The fourth-order valence-corrected chi connectivity index (χ4v) is 4.69. The molecule has 0 atom stereocenters. The lowest BCUT2D eigenvalue weighted by atomic mass is 9.67. The summed E-state index contributed by atoms with van der Waals surface area (Å²) in [5, 5.41) is 6.77. The van der Waals surface area contributed by atoms with Crippen molar-refractivity contribution < 1.29 is 23.6 Å². The maximum absolute atomic E-state index is 13.0. The molecule has 2 fully saturated rings. The molecular formula is C24H31N5O5. The number of pyridine rings is 1. The third-order valence-electron chi connectivity index (χ3n) is 6.78. The molecule has 10 nitrogen and oxygen atoms in total. The molecule has 3 amide bonds. The van der Waals surface area contributed by atoms with Crippen LogP contribution in [0.2, 0.25) is 0 Å². The molecule has 34 heavy (non-hydrogen) atoms. The predicted molar refractivity (Wildman–Crippen MR) is 121 cm³/mol. The Morgan fingerprint density at radius 3 is 2.74 bits per heavy atom. The minimum Gasteiger partial charge on any atom is -0.464 e. The fourth-order valence-electron chi connectivity index (χ4n) is 4.69. The van der Waals surface area contributed by atoms with Crippen molar-refractivity contribution in [1.82, 2.24) is 25.3 Å². The van der Waals surface area contributed by atoms with Gasteiger partial charge in [-0.25, -0.2) is 4.79 Å². The molecular weight excluding hydrogens is 438 g/mol. The molecule has 182 valence electrons. The monoisotopic (exact) mass is 469 g/mol. The highest BCUT2D eigenvalue weighted by molar-refractivity contribution is 6.08. The number of ether oxygens (including phenoxy) is 1. The van der Waals surface area contributed by atoms with Crippen LogP contribution in [0.25, 0.3) is 11.4 Å². The second-order valence-electron chi connectivity index (χ2n) is 10.1. The summed E-state index contributed by atoms with van der Waals surface area (Å²) in [6.45, 7) is 6.33. The summed E-state index contributed by atoms with van der Waals surface area (Å²) < 4.78 is 10.5. The minimum absolute atomic E-state index is 0.117. The Morgan fingerprint density at radius 2 is 2.06 bits per heavy atom. The van der Waals surface area contributed by atoms with E-state index in [0.717, 1.165) is 23.3 Å². The van der Waals surface area contributed by atoms with Crippen LogP contribution in [0.4, 0.5) is 4.79 Å². The number of esters is 1. The number of aryl methyl sites for hydroxylation is 1. The van der Waals surface area contributed by atoms with Gasteiger partial charge in [-0.05, 0) is 55.6 Å². The number of nitrogens with zero attached hydrogens (tertiary/aromatic N) is 4. The van der Waals surface area contributed by atoms with Gasteiger partial charge in [-0.3, -0.25) is 19.5 Å². The molecule has 4 rings (SSSR count). The third-order valence-corrected chi connectivity index (χ3v) is 6.78. The number of rotatable bonds is 7.